The first-order valence-corrected chi connectivity index (χ1v) is 5.01. The minimum Gasteiger partial charge on any atom is -0.481 e. The van der Waals surface area contributed by atoms with Crippen LogP contribution in [0.25, 0.3) is 0 Å². The Hall–Kier alpha value is -1.47. The number of hydrogen-bond donors (Lipinski definition) is 3. The average molecular weight is 256 g/mol. The smallest absolute Gasteiger partial charge is 0.390 e. The van der Waals surface area contributed by atoms with E-state index in [4.69, 9.17) is 5.11 Å². The Morgan fingerprint density at radius 1 is 1.29 bits per heavy atom. The summed E-state index contributed by atoms with van der Waals surface area (Å²) in [6.45, 7) is 1.22. The second kappa shape index (κ2) is 6.97. The van der Waals surface area contributed by atoms with Crippen LogP contribution in [0.5, 0.6) is 0 Å². The summed E-state index contributed by atoms with van der Waals surface area (Å²) >= 11 is 0. The highest BCUT2D eigenvalue weighted by atomic mass is 19.4. The lowest BCUT2D eigenvalue weighted by Crippen LogP contribution is -2.39. The summed E-state index contributed by atoms with van der Waals surface area (Å²) in [5, 5.41) is 12.8. The first-order valence-electron chi connectivity index (χ1n) is 5.01. The maximum atomic E-state index is 11.7. The van der Waals surface area contributed by atoms with E-state index in [2.05, 4.69) is 5.32 Å². The summed E-state index contributed by atoms with van der Waals surface area (Å²) in [7, 11) is 0. The number of carboxylic acids is 1. The first-order chi connectivity index (χ1) is 7.70. The van der Waals surface area contributed by atoms with Crippen LogP contribution in [0.3, 0.4) is 0 Å². The molecule has 0 aromatic rings. The van der Waals surface area contributed by atoms with Gasteiger partial charge in [0.05, 0.1) is 6.42 Å². The molecule has 0 bridgehead atoms. The van der Waals surface area contributed by atoms with Crippen molar-refractivity contribution in [3.63, 3.8) is 0 Å². The van der Waals surface area contributed by atoms with E-state index in [-0.39, 0.29) is 18.9 Å². The summed E-state index contributed by atoms with van der Waals surface area (Å²) in [4.78, 5) is 21.3. The average Bonchev–Trinajstić information content (AvgIpc) is 2.11. The van der Waals surface area contributed by atoms with Crippen LogP contribution in [0.2, 0.25) is 0 Å². The van der Waals surface area contributed by atoms with Crippen LogP contribution in [0.15, 0.2) is 0 Å². The van der Waals surface area contributed by atoms with Gasteiger partial charge in [-0.1, -0.05) is 6.92 Å². The number of hydrogen-bond acceptors (Lipinski definition) is 2. The predicted octanol–water partition coefficient (Wildman–Crippen LogP) is 1.35. The molecule has 0 aromatic heterocycles. The molecule has 0 heterocycles. The van der Waals surface area contributed by atoms with Gasteiger partial charge >= 0.3 is 18.2 Å². The molecule has 17 heavy (non-hydrogen) atoms. The van der Waals surface area contributed by atoms with Crippen molar-refractivity contribution in [2.75, 3.05) is 13.1 Å². The van der Waals surface area contributed by atoms with E-state index in [0.29, 0.717) is 0 Å². The van der Waals surface area contributed by atoms with E-state index < -0.39 is 31.1 Å². The number of halogens is 3. The zero-order chi connectivity index (χ0) is 13.5. The van der Waals surface area contributed by atoms with Crippen molar-refractivity contribution in [2.24, 2.45) is 5.92 Å². The van der Waals surface area contributed by atoms with Gasteiger partial charge in [-0.05, 0) is 5.92 Å². The molecular formula is C9H15F3N2O3. The van der Waals surface area contributed by atoms with Gasteiger partial charge in [-0.2, -0.15) is 13.2 Å². The van der Waals surface area contributed by atoms with E-state index in [1.165, 1.54) is 0 Å². The van der Waals surface area contributed by atoms with Gasteiger partial charge in [0.2, 0.25) is 0 Å². The fourth-order valence-electron chi connectivity index (χ4n) is 1.02. The molecule has 100 valence electrons. The normalized spacial score (nSPS) is 12.9. The number of amides is 2. The van der Waals surface area contributed by atoms with Crippen LogP contribution >= 0.6 is 0 Å². The van der Waals surface area contributed by atoms with Crippen molar-refractivity contribution in [2.45, 2.75) is 25.9 Å². The van der Waals surface area contributed by atoms with Crippen molar-refractivity contribution in [1.29, 1.82) is 0 Å². The summed E-state index contributed by atoms with van der Waals surface area (Å²) in [5.74, 6) is -1.27. The summed E-state index contributed by atoms with van der Waals surface area (Å²) in [6, 6.07) is -0.730. The molecule has 0 aliphatic rings. The van der Waals surface area contributed by atoms with Crippen LogP contribution in [0.1, 0.15) is 19.8 Å². The van der Waals surface area contributed by atoms with E-state index in [9.17, 15) is 22.8 Å². The third-order valence-electron chi connectivity index (χ3n) is 1.83. The molecule has 0 rings (SSSR count). The second-order valence-corrected chi connectivity index (χ2v) is 3.71. The van der Waals surface area contributed by atoms with Gasteiger partial charge < -0.3 is 15.7 Å². The Kier molecular flexibility index (Phi) is 6.37. The van der Waals surface area contributed by atoms with Crippen molar-refractivity contribution in [1.82, 2.24) is 10.6 Å². The molecule has 1 atom stereocenters. The van der Waals surface area contributed by atoms with Gasteiger partial charge in [0.15, 0.2) is 0 Å². The fourth-order valence-corrected chi connectivity index (χ4v) is 1.02. The SMILES string of the molecule is CC(CNC(=O)NCCC(F)(F)F)CC(=O)O. The molecule has 0 fully saturated rings. The Morgan fingerprint density at radius 2 is 1.88 bits per heavy atom. The number of carbonyl (C=O) groups is 2. The molecule has 0 aliphatic carbocycles. The monoisotopic (exact) mass is 256 g/mol. The van der Waals surface area contributed by atoms with E-state index in [1.807, 2.05) is 5.32 Å². The molecule has 5 nitrogen and oxygen atoms in total. The fraction of sp³-hybridized carbons (Fsp3) is 0.778. The van der Waals surface area contributed by atoms with Crippen molar-refractivity contribution in [3.8, 4) is 0 Å². The summed E-state index contributed by atoms with van der Waals surface area (Å²) in [5.41, 5.74) is 0. The van der Waals surface area contributed by atoms with Gasteiger partial charge in [0.1, 0.15) is 0 Å². The van der Waals surface area contributed by atoms with Crippen LogP contribution in [0, 0.1) is 5.92 Å². The Labute approximate surface area is 96.4 Å². The van der Waals surface area contributed by atoms with E-state index in [0.717, 1.165) is 0 Å². The highest BCUT2D eigenvalue weighted by Gasteiger charge is 2.26. The Morgan fingerprint density at radius 3 is 2.35 bits per heavy atom. The van der Waals surface area contributed by atoms with Gasteiger partial charge in [0.25, 0.3) is 0 Å². The molecule has 1 unspecified atom stereocenters. The number of urea groups is 1. The summed E-state index contributed by atoms with van der Waals surface area (Å²) in [6.07, 6.45) is -5.50. The number of carboxylic acid groups (broad SMARTS) is 1. The number of carbonyl (C=O) groups excluding carboxylic acids is 1. The lowest BCUT2D eigenvalue weighted by atomic mass is 10.1. The lowest BCUT2D eigenvalue weighted by molar-refractivity contribution is -0.138. The van der Waals surface area contributed by atoms with Crippen LogP contribution in [0.4, 0.5) is 18.0 Å². The topological polar surface area (TPSA) is 78.4 Å². The van der Waals surface area contributed by atoms with Gasteiger partial charge in [-0.25, -0.2) is 4.79 Å². The number of rotatable bonds is 6. The first kappa shape index (κ1) is 15.5. The summed E-state index contributed by atoms with van der Waals surface area (Å²) < 4.78 is 35.2. The van der Waals surface area contributed by atoms with E-state index in [1.54, 1.807) is 6.92 Å². The highest BCUT2D eigenvalue weighted by molar-refractivity contribution is 5.73. The molecule has 3 N–H and O–H groups in total. The number of aliphatic carboxylic acids is 1. The molecule has 0 saturated carbocycles. The van der Waals surface area contributed by atoms with Crippen molar-refractivity contribution < 1.29 is 27.9 Å². The third kappa shape index (κ3) is 10.8. The molecule has 8 heteroatoms. The zero-order valence-electron chi connectivity index (χ0n) is 9.30. The molecule has 0 saturated heterocycles. The molecule has 0 spiro atoms. The van der Waals surface area contributed by atoms with Crippen LogP contribution < -0.4 is 10.6 Å². The number of nitrogens with one attached hydrogen (secondary N) is 2. The number of alkyl halides is 3. The van der Waals surface area contributed by atoms with Gasteiger partial charge in [0, 0.05) is 19.5 Å². The molecular weight excluding hydrogens is 241 g/mol. The second-order valence-electron chi connectivity index (χ2n) is 3.71. The van der Waals surface area contributed by atoms with E-state index >= 15 is 0 Å². The third-order valence-corrected chi connectivity index (χ3v) is 1.83. The predicted molar refractivity (Wildman–Crippen MR) is 53.5 cm³/mol. The molecule has 0 aliphatic heterocycles. The molecule has 2 amide bonds. The quantitative estimate of drug-likeness (QED) is 0.671. The van der Waals surface area contributed by atoms with Gasteiger partial charge in [-0.15, -0.1) is 0 Å². The van der Waals surface area contributed by atoms with Gasteiger partial charge in [-0.3, -0.25) is 4.79 Å². The standard InChI is InChI=1S/C9H15F3N2O3/c1-6(4-7(15)16)5-14-8(17)13-3-2-9(10,11)12/h6H,2-5H2,1H3,(H,15,16)(H2,13,14,17). The Bertz CT molecular complexity index is 269. The highest BCUT2D eigenvalue weighted by Crippen LogP contribution is 2.17. The molecule has 0 aromatic carbocycles. The largest absolute Gasteiger partial charge is 0.481 e. The maximum absolute atomic E-state index is 11.7. The van der Waals surface area contributed by atoms with Crippen LogP contribution in [-0.2, 0) is 4.79 Å². The maximum Gasteiger partial charge on any atom is 0.390 e. The minimum atomic E-state index is -4.30. The van der Waals surface area contributed by atoms with Crippen LogP contribution in [-0.4, -0.2) is 36.4 Å². The van der Waals surface area contributed by atoms with Crippen molar-refractivity contribution >= 4 is 12.0 Å². The van der Waals surface area contributed by atoms with Crippen molar-refractivity contribution in [3.05, 3.63) is 0 Å². The zero-order valence-corrected chi connectivity index (χ0v) is 9.30. The lowest BCUT2D eigenvalue weighted by Gasteiger charge is -2.12. The Balaban J connectivity index is 3.63. The minimum absolute atomic E-state index is 0.101. The molecule has 0 radical (unpaired) electrons.